The molecule has 0 unspecified atom stereocenters. The number of thiol groups is 1. The zero-order valence-corrected chi connectivity index (χ0v) is 10.6. The van der Waals surface area contributed by atoms with Crippen molar-refractivity contribution in [2.75, 3.05) is 12.4 Å². The summed E-state index contributed by atoms with van der Waals surface area (Å²) in [6.45, 7) is 3.12. The monoisotopic (exact) mass is 286 g/mol. The molecule has 0 heterocycles. The highest BCUT2D eigenvalue weighted by Crippen LogP contribution is 2.30. The number of halogens is 5. The predicted octanol–water partition coefficient (Wildman–Crippen LogP) is 3.72. The van der Waals surface area contributed by atoms with Crippen molar-refractivity contribution >= 4 is 12.6 Å². The summed E-state index contributed by atoms with van der Waals surface area (Å²) < 4.78 is 69.6. The predicted molar refractivity (Wildman–Crippen MR) is 59.4 cm³/mol. The second-order valence-electron chi connectivity index (χ2n) is 4.51. The van der Waals surface area contributed by atoms with E-state index in [2.05, 4.69) is 12.6 Å². The quantitative estimate of drug-likeness (QED) is 0.384. The highest BCUT2D eigenvalue weighted by Gasteiger charge is 2.28. The minimum atomic E-state index is -2.20. The molecule has 0 atom stereocenters. The Hall–Kier alpha value is -0.980. The van der Waals surface area contributed by atoms with Crippen molar-refractivity contribution in [2.24, 2.45) is 5.41 Å². The Morgan fingerprint density at radius 3 is 1.67 bits per heavy atom. The lowest BCUT2D eigenvalue weighted by Crippen LogP contribution is -2.24. The average Bonchev–Trinajstić information content (AvgIpc) is 2.34. The van der Waals surface area contributed by atoms with Crippen molar-refractivity contribution in [1.29, 1.82) is 0 Å². The van der Waals surface area contributed by atoms with E-state index in [1.807, 2.05) is 0 Å². The molecule has 0 N–H and O–H groups in total. The van der Waals surface area contributed by atoms with Crippen molar-refractivity contribution in [1.82, 2.24) is 0 Å². The van der Waals surface area contributed by atoms with Gasteiger partial charge in [-0.2, -0.15) is 21.4 Å². The number of hydrogen-bond donors (Lipinski definition) is 1. The summed E-state index contributed by atoms with van der Waals surface area (Å²) in [5.74, 6) is -11.1. The van der Waals surface area contributed by atoms with E-state index in [0.29, 0.717) is 5.75 Å². The summed E-state index contributed by atoms with van der Waals surface area (Å²) in [6.07, 6.45) is 0. The van der Waals surface area contributed by atoms with Crippen molar-refractivity contribution < 1.29 is 26.7 Å². The van der Waals surface area contributed by atoms with Crippen LogP contribution in [0, 0.1) is 34.5 Å². The lowest BCUT2D eigenvalue weighted by Gasteiger charge is -2.22. The highest BCUT2D eigenvalue weighted by atomic mass is 32.1. The molecule has 7 heteroatoms. The van der Waals surface area contributed by atoms with E-state index in [1.165, 1.54) is 0 Å². The first-order valence-electron chi connectivity index (χ1n) is 4.96. The summed E-state index contributed by atoms with van der Waals surface area (Å²) in [5, 5.41) is 0. The molecule has 0 aliphatic carbocycles. The summed E-state index contributed by atoms with van der Waals surface area (Å²) in [4.78, 5) is 0. The van der Waals surface area contributed by atoms with Gasteiger partial charge in [0.15, 0.2) is 5.75 Å². The van der Waals surface area contributed by atoms with Gasteiger partial charge in [0.2, 0.25) is 29.1 Å². The van der Waals surface area contributed by atoms with E-state index < -0.39 is 40.3 Å². The maximum absolute atomic E-state index is 13.2. The molecule has 0 bridgehead atoms. The molecule has 0 aliphatic rings. The van der Waals surface area contributed by atoms with Gasteiger partial charge in [-0.25, -0.2) is 13.2 Å². The Balaban J connectivity index is 3.11. The molecule has 0 saturated carbocycles. The van der Waals surface area contributed by atoms with Gasteiger partial charge in [-0.15, -0.1) is 0 Å². The number of hydrogen-bond acceptors (Lipinski definition) is 2. The van der Waals surface area contributed by atoms with Gasteiger partial charge in [-0.1, -0.05) is 13.8 Å². The lowest BCUT2D eigenvalue weighted by atomic mass is 9.98. The Morgan fingerprint density at radius 2 is 1.28 bits per heavy atom. The van der Waals surface area contributed by atoms with Crippen LogP contribution in [0.4, 0.5) is 22.0 Å². The second-order valence-corrected chi connectivity index (χ2v) is 4.83. The van der Waals surface area contributed by atoms with Gasteiger partial charge in [0.1, 0.15) is 0 Å². The van der Waals surface area contributed by atoms with Crippen LogP contribution in [0.5, 0.6) is 5.75 Å². The number of rotatable bonds is 4. The van der Waals surface area contributed by atoms with Crippen LogP contribution in [-0.2, 0) is 0 Å². The summed E-state index contributed by atoms with van der Waals surface area (Å²) >= 11 is 3.98. The molecular weight excluding hydrogens is 275 g/mol. The molecule has 102 valence electrons. The fraction of sp³-hybridized carbons (Fsp3) is 0.455. The van der Waals surface area contributed by atoms with E-state index in [4.69, 9.17) is 4.74 Å². The van der Waals surface area contributed by atoms with Gasteiger partial charge in [-0.3, -0.25) is 0 Å². The summed E-state index contributed by atoms with van der Waals surface area (Å²) in [6, 6.07) is 0. The normalized spacial score (nSPS) is 11.8. The van der Waals surface area contributed by atoms with Crippen LogP contribution in [-0.4, -0.2) is 12.4 Å². The van der Waals surface area contributed by atoms with Crippen LogP contribution in [0.25, 0.3) is 0 Å². The van der Waals surface area contributed by atoms with Crippen molar-refractivity contribution in [2.45, 2.75) is 13.8 Å². The smallest absolute Gasteiger partial charge is 0.206 e. The van der Waals surface area contributed by atoms with Gasteiger partial charge >= 0.3 is 0 Å². The van der Waals surface area contributed by atoms with E-state index in [1.54, 1.807) is 13.8 Å². The Bertz CT molecular complexity index is 432. The zero-order chi connectivity index (χ0) is 14.1. The second kappa shape index (κ2) is 5.34. The van der Waals surface area contributed by atoms with Crippen LogP contribution < -0.4 is 4.74 Å². The Labute approximate surface area is 106 Å². The fourth-order valence-corrected chi connectivity index (χ4v) is 1.12. The summed E-state index contributed by atoms with van der Waals surface area (Å²) in [7, 11) is 0. The molecular formula is C11H11F5OS. The first-order chi connectivity index (χ1) is 8.21. The standard InChI is InChI=1S/C11H11F5OS/c1-11(2,4-18)3-17-10-8(15)6(13)5(12)7(14)9(10)16/h18H,3-4H2,1-2H3. The molecule has 0 saturated heterocycles. The molecule has 18 heavy (non-hydrogen) atoms. The topological polar surface area (TPSA) is 9.23 Å². The first-order valence-corrected chi connectivity index (χ1v) is 5.59. The van der Waals surface area contributed by atoms with Crippen molar-refractivity contribution in [3.8, 4) is 5.75 Å². The first kappa shape index (κ1) is 15.1. The van der Waals surface area contributed by atoms with Crippen LogP contribution in [0.15, 0.2) is 0 Å². The van der Waals surface area contributed by atoms with Crippen molar-refractivity contribution in [3.05, 3.63) is 29.1 Å². The largest absolute Gasteiger partial charge is 0.487 e. The van der Waals surface area contributed by atoms with Crippen LogP contribution >= 0.6 is 12.6 Å². The van der Waals surface area contributed by atoms with E-state index >= 15 is 0 Å². The molecule has 1 rings (SSSR count). The maximum atomic E-state index is 13.2. The molecule has 0 aliphatic heterocycles. The van der Waals surface area contributed by atoms with Gasteiger partial charge in [0.05, 0.1) is 6.61 Å². The fourth-order valence-electron chi connectivity index (χ4n) is 1.02. The third kappa shape index (κ3) is 2.88. The molecule has 1 aromatic rings. The molecule has 1 aromatic carbocycles. The SMILES string of the molecule is CC(C)(CS)COc1c(F)c(F)c(F)c(F)c1F. The van der Waals surface area contributed by atoms with Crippen LogP contribution in [0.1, 0.15) is 13.8 Å². The zero-order valence-electron chi connectivity index (χ0n) is 9.66. The summed E-state index contributed by atoms with van der Waals surface area (Å²) in [5.41, 5.74) is -0.566. The van der Waals surface area contributed by atoms with Crippen LogP contribution in [0.3, 0.4) is 0 Å². The maximum Gasteiger partial charge on any atom is 0.206 e. The number of benzene rings is 1. The van der Waals surface area contributed by atoms with Gasteiger partial charge in [0.25, 0.3) is 0 Å². The third-order valence-electron chi connectivity index (χ3n) is 2.20. The van der Waals surface area contributed by atoms with Gasteiger partial charge in [-0.05, 0) is 5.75 Å². The minimum absolute atomic E-state index is 0.227. The highest BCUT2D eigenvalue weighted by molar-refractivity contribution is 7.80. The van der Waals surface area contributed by atoms with Crippen LogP contribution in [0.2, 0.25) is 0 Å². The molecule has 1 nitrogen and oxygen atoms in total. The van der Waals surface area contributed by atoms with E-state index in [-0.39, 0.29) is 6.61 Å². The molecule has 0 spiro atoms. The Kier molecular flexibility index (Phi) is 4.47. The molecule has 0 aromatic heterocycles. The number of ether oxygens (including phenoxy) is 1. The molecule has 0 fully saturated rings. The van der Waals surface area contributed by atoms with Gasteiger partial charge in [0, 0.05) is 5.41 Å². The molecule has 0 amide bonds. The Morgan fingerprint density at radius 1 is 0.889 bits per heavy atom. The lowest BCUT2D eigenvalue weighted by molar-refractivity contribution is 0.181. The van der Waals surface area contributed by atoms with Gasteiger partial charge < -0.3 is 4.74 Å². The van der Waals surface area contributed by atoms with E-state index in [9.17, 15) is 22.0 Å². The van der Waals surface area contributed by atoms with Crippen molar-refractivity contribution in [3.63, 3.8) is 0 Å². The van der Waals surface area contributed by atoms with E-state index in [0.717, 1.165) is 0 Å². The average molecular weight is 286 g/mol. The molecule has 0 radical (unpaired) electrons. The minimum Gasteiger partial charge on any atom is -0.487 e. The third-order valence-corrected chi connectivity index (χ3v) is 3.06.